The lowest BCUT2D eigenvalue weighted by molar-refractivity contribution is -0.140. The van der Waals surface area contributed by atoms with Crippen LogP contribution in [-0.2, 0) is 4.79 Å². The number of aliphatic carboxylic acids is 1. The average molecular weight is 205 g/mol. The minimum Gasteiger partial charge on any atom is -0.480 e. The fourth-order valence-corrected chi connectivity index (χ4v) is 1.58. The number of imidazole rings is 1. The quantitative estimate of drug-likeness (QED) is 0.773. The molecule has 0 aliphatic heterocycles. The summed E-state index contributed by atoms with van der Waals surface area (Å²) >= 11 is 0. The number of nitrogens with two attached hydrogens (primary N) is 1. The van der Waals surface area contributed by atoms with Crippen molar-refractivity contribution in [2.24, 2.45) is 0 Å². The molecule has 0 amide bonds. The highest BCUT2D eigenvalue weighted by Gasteiger charge is 2.18. The summed E-state index contributed by atoms with van der Waals surface area (Å²) in [6.07, 6.45) is 0. The van der Waals surface area contributed by atoms with E-state index in [2.05, 4.69) is 4.98 Å². The molecule has 3 N–H and O–H groups in total. The van der Waals surface area contributed by atoms with Gasteiger partial charge in [0.2, 0.25) is 5.95 Å². The second kappa shape index (κ2) is 3.27. The molecule has 0 fully saturated rings. The number of carboxylic acid groups (broad SMARTS) is 1. The summed E-state index contributed by atoms with van der Waals surface area (Å²) < 4.78 is 1.51. The van der Waals surface area contributed by atoms with Crippen LogP contribution < -0.4 is 5.73 Å². The second-order valence-electron chi connectivity index (χ2n) is 3.34. The summed E-state index contributed by atoms with van der Waals surface area (Å²) in [6, 6.07) is 6.56. The molecule has 15 heavy (non-hydrogen) atoms. The van der Waals surface area contributed by atoms with Gasteiger partial charge in [-0.25, -0.2) is 9.78 Å². The summed E-state index contributed by atoms with van der Waals surface area (Å²) in [5.74, 6) is -0.698. The number of aromatic nitrogens is 2. The topological polar surface area (TPSA) is 81.1 Å². The van der Waals surface area contributed by atoms with Crippen molar-refractivity contribution in [3.05, 3.63) is 24.3 Å². The Kier molecular flexibility index (Phi) is 2.07. The molecule has 78 valence electrons. The molecule has 1 heterocycles. The minimum absolute atomic E-state index is 0.228. The zero-order chi connectivity index (χ0) is 11.0. The number of hydrogen-bond donors (Lipinski definition) is 2. The highest BCUT2D eigenvalue weighted by molar-refractivity contribution is 5.82. The number of carbonyl (C=O) groups is 1. The van der Waals surface area contributed by atoms with Crippen LogP contribution in [0.4, 0.5) is 5.95 Å². The van der Waals surface area contributed by atoms with Crippen LogP contribution in [0.3, 0.4) is 0 Å². The Morgan fingerprint density at radius 1 is 1.53 bits per heavy atom. The third kappa shape index (κ3) is 1.41. The minimum atomic E-state index is -0.926. The lowest BCUT2D eigenvalue weighted by atomic mass is 10.3. The summed E-state index contributed by atoms with van der Waals surface area (Å²) in [6.45, 7) is 1.58. The van der Waals surface area contributed by atoms with Gasteiger partial charge < -0.3 is 10.8 Å². The van der Waals surface area contributed by atoms with E-state index in [1.165, 1.54) is 4.57 Å². The van der Waals surface area contributed by atoms with E-state index < -0.39 is 12.0 Å². The standard InChI is InChI=1S/C10H11N3O2/c1-6(9(14)15)13-8-5-3-2-4-7(8)12-10(13)11/h2-6H,1H3,(H2,11,12)(H,14,15). The first-order valence-corrected chi connectivity index (χ1v) is 4.56. The Balaban J connectivity index is 2.68. The molecule has 1 unspecified atom stereocenters. The molecule has 0 bridgehead atoms. The number of rotatable bonds is 2. The normalized spacial score (nSPS) is 12.9. The maximum Gasteiger partial charge on any atom is 0.326 e. The highest BCUT2D eigenvalue weighted by atomic mass is 16.4. The van der Waals surface area contributed by atoms with Gasteiger partial charge >= 0.3 is 5.97 Å². The van der Waals surface area contributed by atoms with Crippen molar-refractivity contribution in [1.29, 1.82) is 0 Å². The summed E-state index contributed by atoms with van der Waals surface area (Å²) in [7, 11) is 0. The Morgan fingerprint density at radius 2 is 2.20 bits per heavy atom. The van der Waals surface area contributed by atoms with Gasteiger partial charge in [-0.2, -0.15) is 0 Å². The zero-order valence-corrected chi connectivity index (χ0v) is 8.21. The van der Waals surface area contributed by atoms with Crippen LogP contribution in [-0.4, -0.2) is 20.6 Å². The van der Waals surface area contributed by atoms with Crippen LogP contribution in [0.1, 0.15) is 13.0 Å². The van der Waals surface area contributed by atoms with Crippen molar-refractivity contribution in [3.63, 3.8) is 0 Å². The number of hydrogen-bond acceptors (Lipinski definition) is 3. The van der Waals surface area contributed by atoms with Gasteiger partial charge in [0.15, 0.2) is 0 Å². The van der Waals surface area contributed by atoms with Gasteiger partial charge in [-0.1, -0.05) is 12.1 Å². The molecule has 5 heteroatoms. The van der Waals surface area contributed by atoms with Crippen LogP contribution in [0.5, 0.6) is 0 Å². The smallest absolute Gasteiger partial charge is 0.326 e. The van der Waals surface area contributed by atoms with E-state index in [-0.39, 0.29) is 5.95 Å². The van der Waals surface area contributed by atoms with E-state index in [0.29, 0.717) is 5.52 Å². The molecule has 0 aliphatic rings. The van der Waals surface area contributed by atoms with Gasteiger partial charge in [0.25, 0.3) is 0 Å². The lowest BCUT2D eigenvalue weighted by Crippen LogP contribution is -2.17. The molecule has 0 radical (unpaired) electrons. The summed E-state index contributed by atoms with van der Waals surface area (Å²) in [5, 5.41) is 8.93. The number of nitrogens with zero attached hydrogens (tertiary/aromatic N) is 2. The van der Waals surface area contributed by atoms with Crippen LogP contribution in [0.25, 0.3) is 11.0 Å². The summed E-state index contributed by atoms with van der Waals surface area (Å²) in [4.78, 5) is 15.0. The molecule has 2 rings (SSSR count). The SMILES string of the molecule is CC(C(=O)O)n1c(N)nc2ccccc21. The van der Waals surface area contributed by atoms with Crippen molar-refractivity contribution >= 4 is 23.0 Å². The van der Waals surface area contributed by atoms with E-state index in [1.807, 2.05) is 12.1 Å². The first-order chi connectivity index (χ1) is 7.11. The lowest BCUT2D eigenvalue weighted by Gasteiger charge is -2.10. The Hall–Kier alpha value is -2.04. The van der Waals surface area contributed by atoms with Gasteiger partial charge in [0, 0.05) is 0 Å². The van der Waals surface area contributed by atoms with Gasteiger partial charge in [0.05, 0.1) is 11.0 Å². The van der Waals surface area contributed by atoms with Gasteiger partial charge in [0.1, 0.15) is 6.04 Å². The number of para-hydroxylation sites is 2. The van der Waals surface area contributed by atoms with Crippen LogP contribution >= 0.6 is 0 Å². The van der Waals surface area contributed by atoms with E-state index >= 15 is 0 Å². The molecule has 0 saturated heterocycles. The molecule has 1 aromatic carbocycles. The Morgan fingerprint density at radius 3 is 2.87 bits per heavy atom. The largest absolute Gasteiger partial charge is 0.480 e. The van der Waals surface area contributed by atoms with Gasteiger partial charge in [-0.15, -0.1) is 0 Å². The van der Waals surface area contributed by atoms with E-state index in [0.717, 1.165) is 5.52 Å². The molecule has 1 atom stereocenters. The fourth-order valence-electron chi connectivity index (χ4n) is 1.58. The number of benzene rings is 1. The van der Waals surface area contributed by atoms with E-state index in [1.54, 1.807) is 19.1 Å². The monoisotopic (exact) mass is 205 g/mol. The molecular formula is C10H11N3O2. The maximum absolute atomic E-state index is 10.9. The fraction of sp³-hybridized carbons (Fsp3) is 0.200. The van der Waals surface area contributed by atoms with E-state index in [9.17, 15) is 4.79 Å². The van der Waals surface area contributed by atoms with Crippen molar-refractivity contribution in [1.82, 2.24) is 9.55 Å². The molecule has 2 aromatic rings. The molecule has 5 nitrogen and oxygen atoms in total. The predicted molar refractivity (Wildman–Crippen MR) is 56.5 cm³/mol. The Bertz CT molecular complexity index is 518. The van der Waals surface area contributed by atoms with Gasteiger partial charge in [-0.05, 0) is 19.1 Å². The molecule has 0 saturated carbocycles. The number of fused-ring (bicyclic) bond motifs is 1. The highest BCUT2D eigenvalue weighted by Crippen LogP contribution is 2.22. The molecule has 0 spiro atoms. The summed E-state index contributed by atoms with van der Waals surface area (Å²) in [5.41, 5.74) is 7.13. The third-order valence-electron chi connectivity index (χ3n) is 2.37. The van der Waals surface area contributed by atoms with Crippen molar-refractivity contribution in [3.8, 4) is 0 Å². The van der Waals surface area contributed by atoms with Crippen molar-refractivity contribution in [2.45, 2.75) is 13.0 Å². The van der Waals surface area contributed by atoms with Crippen LogP contribution in [0, 0.1) is 0 Å². The van der Waals surface area contributed by atoms with Crippen molar-refractivity contribution < 1.29 is 9.90 Å². The average Bonchev–Trinajstić information content (AvgIpc) is 2.52. The second-order valence-corrected chi connectivity index (χ2v) is 3.34. The number of nitrogen functional groups attached to an aromatic ring is 1. The van der Waals surface area contributed by atoms with Gasteiger partial charge in [-0.3, -0.25) is 4.57 Å². The van der Waals surface area contributed by atoms with Crippen LogP contribution in [0.15, 0.2) is 24.3 Å². The number of anilines is 1. The molecule has 0 aliphatic carbocycles. The predicted octanol–water partition coefficient (Wildman–Crippen LogP) is 1.26. The first-order valence-electron chi connectivity index (χ1n) is 4.56. The Labute approximate surface area is 86.1 Å². The third-order valence-corrected chi connectivity index (χ3v) is 2.37. The zero-order valence-electron chi connectivity index (χ0n) is 8.21. The van der Waals surface area contributed by atoms with Crippen molar-refractivity contribution in [2.75, 3.05) is 5.73 Å². The first kappa shape index (κ1) is 9.51. The van der Waals surface area contributed by atoms with E-state index in [4.69, 9.17) is 10.8 Å². The molecular weight excluding hydrogens is 194 g/mol. The number of carboxylic acids is 1. The van der Waals surface area contributed by atoms with Crippen LogP contribution in [0.2, 0.25) is 0 Å². The maximum atomic E-state index is 10.9. The molecule has 1 aromatic heterocycles.